The summed E-state index contributed by atoms with van der Waals surface area (Å²) >= 11 is 0. The number of ether oxygens (including phenoxy) is 2. The van der Waals surface area contributed by atoms with E-state index < -0.39 is 0 Å². The Morgan fingerprint density at radius 1 is 1.44 bits per heavy atom. The van der Waals surface area contributed by atoms with Crippen LogP contribution in [0.5, 0.6) is 0 Å². The summed E-state index contributed by atoms with van der Waals surface area (Å²) in [6.07, 6.45) is 1.82. The molecule has 0 aromatic rings. The molecule has 2 aliphatic heterocycles. The van der Waals surface area contributed by atoms with Crippen molar-refractivity contribution in [3.8, 4) is 0 Å². The molecule has 2 heterocycles. The summed E-state index contributed by atoms with van der Waals surface area (Å²) in [5.41, 5.74) is 0. The van der Waals surface area contributed by atoms with Crippen molar-refractivity contribution in [1.29, 1.82) is 0 Å². The highest BCUT2D eigenvalue weighted by Crippen LogP contribution is 2.15. The Labute approximate surface area is 109 Å². The number of hydrogen-bond donors (Lipinski definition) is 1. The van der Waals surface area contributed by atoms with Crippen LogP contribution in [-0.4, -0.2) is 61.9 Å². The van der Waals surface area contributed by atoms with E-state index in [9.17, 15) is 4.79 Å². The lowest BCUT2D eigenvalue weighted by Crippen LogP contribution is -2.51. The maximum Gasteiger partial charge on any atom is 0.224 e. The highest BCUT2D eigenvalue weighted by Gasteiger charge is 2.28. The van der Waals surface area contributed by atoms with Gasteiger partial charge in [-0.3, -0.25) is 4.79 Å². The van der Waals surface area contributed by atoms with Crippen molar-refractivity contribution in [1.82, 2.24) is 10.2 Å². The Hall–Kier alpha value is -0.650. The van der Waals surface area contributed by atoms with Crippen LogP contribution in [0.2, 0.25) is 0 Å². The van der Waals surface area contributed by atoms with Gasteiger partial charge in [0.2, 0.25) is 5.91 Å². The first-order valence-corrected chi connectivity index (χ1v) is 6.93. The number of rotatable bonds is 3. The van der Waals surface area contributed by atoms with E-state index in [1.54, 1.807) is 0 Å². The third-order valence-electron chi connectivity index (χ3n) is 3.55. The van der Waals surface area contributed by atoms with Crippen molar-refractivity contribution in [2.75, 3.05) is 32.8 Å². The van der Waals surface area contributed by atoms with E-state index in [4.69, 9.17) is 9.47 Å². The Kier molecular flexibility index (Phi) is 4.97. The van der Waals surface area contributed by atoms with E-state index >= 15 is 0 Å². The van der Waals surface area contributed by atoms with Gasteiger partial charge in [0.15, 0.2) is 0 Å². The van der Waals surface area contributed by atoms with Crippen molar-refractivity contribution < 1.29 is 14.3 Å². The summed E-state index contributed by atoms with van der Waals surface area (Å²) in [6, 6.07) is 0.171. The molecule has 0 spiro atoms. The van der Waals surface area contributed by atoms with Gasteiger partial charge < -0.3 is 19.7 Å². The minimum absolute atomic E-state index is 0.142. The third-order valence-corrected chi connectivity index (χ3v) is 3.55. The number of carbonyl (C=O) groups excluding carboxylic acids is 1. The second-order valence-corrected chi connectivity index (χ2v) is 5.21. The van der Waals surface area contributed by atoms with Gasteiger partial charge in [-0.05, 0) is 13.3 Å². The molecule has 2 aliphatic rings. The molecular weight excluding hydrogens is 232 g/mol. The molecule has 2 saturated heterocycles. The van der Waals surface area contributed by atoms with Gasteiger partial charge in [-0.2, -0.15) is 0 Å². The highest BCUT2D eigenvalue weighted by atomic mass is 16.5. The molecule has 0 saturated carbocycles. The molecule has 1 N–H and O–H groups in total. The molecule has 3 atom stereocenters. The minimum atomic E-state index is 0.142. The van der Waals surface area contributed by atoms with E-state index in [0.717, 1.165) is 26.1 Å². The van der Waals surface area contributed by atoms with Gasteiger partial charge in [0.05, 0.1) is 25.4 Å². The smallest absolute Gasteiger partial charge is 0.224 e. The number of nitrogens with zero attached hydrogens (tertiary/aromatic N) is 1. The molecule has 104 valence electrons. The molecule has 0 bridgehead atoms. The van der Waals surface area contributed by atoms with E-state index in [1.807, 2.05) is 11.8 Å². The molecule has 5 nitrogen and oxygen atoms in total. The summed E-state index contributed by atoms with van der Waals surface area (Å²) in [4.78, 5) is 14.2. The zero-order valence-electron chi connectivity index (χ0n) is 11.4. The third kappa shape index (κ3) is 3.67. The average Bonchev–Trinajstić information content (AvgIpc) is 2.39. The van der Waals surface area contributed by atoms with Gasteiger partial charge in [0.1, 0.15) is 0 Å². The summed E-state index contributed by atoms with van der Waals surface area (Å²) < 4.78 is 11.1. The molecule has 1 amide bonds. The largest absolute Gasteiger partial charge is 0.378 e. The van der Waals surface area contributed by atoms with Crippen LogP contribution >= 0.6 is 0 Å². The number of carbonyl (C=O) groups is 1. The van der Waals surface area contributed by atoms with E-state index in [-0.39, 0.29) is 24.2 Å². The molecule has 2 rings (SSSR count). The van der Waals surface area contributed by atoms with E-state index in [0.29, 0.717) is 19.6 Å². The van der Waals surface area contributed by atoms with Gasteiger partial charge in [-0.15, -0.1) is 0 Å². The van der Waals surface area contributed by atoms with Crippen molar-refractivity contribution in [3.63, 3.8) is 0 Å². The topological polar surface area (TPSA) is 50.8 Å². The predicted molar refractivity (Wildman–Crippen MR) is 68.4 cm³/mol. The fourth-order valence-corrected chi connectivity index (χ4v) is 2.56. The lowest BCUT2D eigenvalue weighted by molar-refractivity contribution is -0.145. The second-order valence-electron chi connectivity index (χ2n) is 5.21. The van der Waals surface area contributed by atoms with Gasteiger partial charge >= 0.3 is 0 Å². The van der Waals surface area contributed by atoms with Gasteiger partial charge in [0.25, 0.3) is 0 Å². The fraction of sp³-hybridized carbons (Fsp3) is 0.923. The van der Waals surface area contributed by atoms with Crippen LogP contribution in [0.15, 0.2) is 0 Å². The summed E-state index contributed by atoms with van der Waals surface area (Å²) in [5, 5.41) is 3.32. The Morgan fingerprint density at radius 2 is 2.28 bits per heavy atom. The van der Waals surface area contributed by atoms with Crippen molar-refractivity contribution in [2.45, 2.75) is 44.9 Å². The molecule has 0 aromatic carbocycles. The summed E-state index contributed by atoms with van der Waals surface area (Å²) in [7, 11) is 0. The fourth-order valence-electron chi connectivity index (χ4n) is 2.56. The van der Waals surface area contributed by atoms with Crippen molar-refractivity contribution in [2.24, 2.45) is 0 Å². The number of nitrogens with one attached hydrogen (secondary N) is 1. The first-order chi connectivity index (χ1) is 8.69. The monoisotopic (exact) mass is 256 g/mol. The van der Waals surface area contributed by atoms with Gasteiger partial charge in [-0.25, -0.2) is 0 Å². The number of amides is 1. The average molecular weight is 256 g/mol. The van der Waals surface area contributed by atoms with Gasteiger partial charge in [-0.1, -0.05) is 6.92 Å². The SMILES string of the molecule is CCC1CN(C(=O)CC2COCCN2)CC(C)O1. The van der Waals surface area contributed by atoms with Crippen molar-refractivity contribution >= 4 is 5.91 Å². The molecule has 0 aliphatic carbocycles. The molecular formula is C13H24N2O3. The van der Waals surface area contributed by atoms with Crippen LogP contribution < -0.4 is 5.32 Å². The van der Waals surface area contributed by atoms with Crippen LogP contribution in [0.25, 0.3) is 0 Å². The highest BCUT2D eigenvalue weighted by molar-refractivity contribution is 5.77. The summed E-state index contributed by atoms with van der Waals surface area (Å²) in [5.74, 6) is 0.214. The lowest BCUT2D eigenvalue weighted by atomic mass is 10.1. The lowest BCUT2D eigenvalue weighted by Gasteiger charge is -2.37. The second kappa shape index (κ2) is 6.50. The van der Waals surface area contributed by atoms with Crippen LogP contribution in [0, 0.1) is 0 Å². The molecule has 0 aromatic heterocycles. The predicted octanol–water partition coefficient (Wildman–Crippen LogP) is 0.391. The maximum atomic E-state index is 12.2. The number of morpholine rings is 2. The first-order valence-electron chi connectivity index (χ1n) is 6.93. The Bertz CT molecular complexity index is 279. The number of hydrogen-bond acceptors (Lipinski definition) is 4. The molecule has 18 heavy (non-hydrogen) atoms. The Morgan fingerprint density at radius 3 is 2.94 bits per heavy atom. The minimum Gasteiger partial charge on any atom is -0.378 e. The molecule has 5 heteroatoms. The maximum absolute atomic E-state index is 12.2. The first kappa shape index (κ1) is 13.8. The Balaban J connectivity index is 1.83. The van der Waals surface area contributed by atoms with Crippen LogP contribution in [0.1, 0.15) is 26.7 Å². The van der Waals surface area contributed by atoms with Crippen LogP contribution in [0.3, 0.4) is 0 Å². The zero-order chi connectivity index (χ0) is 13.0. The molecule has 3 unspecified atom stereocenters. The van der Waals surface area contributed by atoms with Gasteiger partial charge in [0, 0.05) is 32.1 Å². The van der Waals surface area contributed by atoms with E-state index in [2.05, 4.69) is 12.2 Å². The molecule has 2 fully saturated rings. The normalized spacial score (nSPS) is 33.4. The van der Waals surface area contributed by atoms with Crippen molar-refractivity contribution in [3.05, 3.63) is 0 Å². The van der Waals surface area contributed by atoms with Crippen LogP contribution in [0.4, 0.5) is 0 Å². The van der Waals surface area contributed by atoms with E-state index in [1.165, 1.54) is 0 Å². The zero-order valence-corrected chi connectivity index (χ0v) is 11.4. The summed E-state index contributed by atoms with van der Waals surface area (Å²) in [6.45, 7) is 7.80. The molecule has 0 radical (unpaired) electrons. The standard InChI is InChI=1S/C13H24N2O3/c1-3-12-8-15(7-10(2)18-12)13(16)6-11-9-17-5-4-14-11/h10-12,14H,3-9H2,1-2H3. The van der Waals surface area contributed by atoms with Crippen LogP contribution in [-0.2, 0) is 14.3 Å². The quantitative estimate of drug-likeness (QED) is 0.793.